The second kappa shape index (κ2) is 7.44. The van der Waals surface area contributed by atoms with E-state index in [9.17, 15) is 14.4 Å². The molecule has 2 bridgehead atoms. The summed E-state index contributed by atoms with van der Waals surface area (Å²) in [4.78, 5) is 38.9. The largest absolute Gasteiger partial charge is 0.489 e. The lowest BCUT2D eigenvalue weighted by molar-refractivity contribution is -0.143. The standard InChI is InChI=1S/C24H22N2O4/c27-20(13-26-23(28)21-16-6-7-17(12-16)22(21)24(26)29)25-18-8-10-19(11-9-18)30-14-15-4-2-1-3-5-15/h1-11,16-17,21-22H,12-14H2,(H,25,27)/t16-,17-,21-,22-/m0/s1. The number of hydrogen-bond donors (Lipinski definition) is 1. The summed E-state index contributed by atoms with van der Waals surface area (Å²) >= 11 is 0. The van der Waals surface area contributed by atoms with Gasteiger partial charge >= 0.3 is 0 Å². The third kappa shape index (κ3) is 3.28. The highest BCUT2D eigenvalue weighted by molar-refractivity contribution is 6.09. The Morgan fingerprint density at radius 1 is 0.933 bits per heavy atom. The van der Waals surface area contributed by atoms with Gasteiger partial charge in [-0.3, -0.25) is 19.3 Å². The number of rotatable bonds is 6. The molecule has 0 unspecified atom stereocenters. The Hall–Kier alpha value is -3.41. The Morgan fingerprint density at radius 2 is 1.57 bits per heavy atom. The molecule has 0 spiro atoms. The summed E-state index contributed by atoms with van der Waals surface area (Å²) in [6.07, 6.45) is 4.97. The summed E-state index contributed by atoms with van der Waals surface area (Å²) in [5, 5.41) is 2.76. The van der Waals surface area contributed by atoms with Crippen LogP contribution in [0.3, 0.4) is 0 Å². The zero-order valence-corrected chi connectivity index (χ0v) is 16.4. The molecule has 1 N–H and O–H groups in total. The molecule has 30 heavy (non-hydrogen) atoms. The van der Waals surface area contributed by atoms with Crippen LogP contribution in [0.1, 0.15) is 12.0 Å². The summed E-state index contributed by atoms with van der Waals surface area (Å²) in [6.45, 7) is 0.223. The zero-order chi connectivity index (χ0) is 20.7. The van der Waals surface area contributed by atoms with Gasteiger partial charge in [0.25, 0.3) is 0 Å². The van der Waals surface area contributed by atoms with Gasteiger partial charge in [0.1, 0.15) is 18.9 Å². The van der Waals surface area contributed by atoms with Crippen molar-refractivity contribution in [1.29, 1.82) is 0 Å². The molecule has 152 valence electrons. The number of imide groups is 1. The van der Waals surface area contributed by atoms with E-state index in [0.29, 0.717) is 18.0 Å². The molecular formula is C24H22N2O4. The predicted octanol–water partition coefficient (Wildman–Crippen LogP) is 3.01. The summed E-state index contributed by atoms with van der Waals surface area (Å²) in [6, 6.07) is 16.9. The fourth-order valence-corrected chi connectivity index (χ4v) is 4.84. The molecule has 6 nitrogen and oxygen atoms in total. The van der Waals surface area contributed by atoms with E-state index in [1.807, 2.05) is 42.5 Å². The molecule has 6 heteroatoms. The molecule has 4 atom stereocenters. The molecule has 1 heterocycles. The summed E-state index contributed by atoms with van der Waals surface area (Å²) < 4.78 is 5.74. The van der Waals surface area contributed by atoms with Gasteiger partial charge in [0.05, 0.1) is 11.8 Å². The lowest BCUT2D eigenvalue weighted by atomic mass is 9.85. The molecule has 3 aliphatic rings. The topological polar surface area (TPSA) is 75.7 Å². The van der Waals surface area contributed by atoms with Gasteiger partial charge in [-0.2, -0.15) is 0 Å². The summed E-state index contributed by atoms with van der Waals surface area (Å²) in [5.41, 5.74) is 1.66. The van der Waals surface area contributed by atoms with Gasteiger partial charge in [0.15, 0.2) is 0 Å². The molecule has 5 rings (SSSR count). The van der Waals surface area contributed by atoms with E-state index in [0.717, 1.165) is 16.9 Å². The number of allylic oxidation sites excluding steroid dienone is 2. The van der Waals surface area contributed by atoms with E-state index in [1.165, 1.54) is 0 Å². The highest BCUT2D eigenvalue weighted by Crippen LogP contribution is 2.52. The zero-order valence-electron chi connectivity index (χ0n) is 16.4. The first-order valence-corrected chi connectivity index (χ1v) is 10.2. The van der Waals surface area contributed by atoms with Crippen LogP contribution < -0.4 is 10.1 Å². The number of carbonyl (C=O) groups is 3. The van der Waals surface area contributed by atoms with Crippen LogP contribution in [0.4, 0.5) is 5.69 Å². The maximum Gasteiger partial charge on any atom is 0.244 e. The molecule has 2 aromatic rings. The number of benzene rings is 2. The Morgan fingerprint density at radius 3 is 2.20 bits per heavy atom. The fourth-order valence-electron chi connectivity index (χ4n) is 4.84. The highest BCUT2D eigenvalue weighted by Gasteiger charge is 2.59. The Balaban J connectivity index is 1.16. The Kier molecular flexibility index (Phi) is 4.62. The molecule has 3 amide bonds. The van der Waals surface area contributed by atoms with Crippen molar-refractivity contribution in [1.82, 2.24) is 4.90 Å². The van der Waals surface area contributed by atoms with E-state index in [4.69, 9.17) is 4.74 Å². The molecule has 1 saturated heterocycles. The molecule has 2 aromatic carbocycles. The lowest BCUT2D eigenvalue weighted by Crippen LogP contribution is -2.39. The third-order valence-electron chi connectivity index (χ3n) is 6.25. The van der Waals surface area contributed by atoms with E-state index in [-0.39, 0.29) is 47.9 Å². The van der Waals surface area contributed by atoms with Crippen molar-refractivity contribution in [3.8, 4) is 5.75 Å². The number of hydrogen-bond acceptors (Lipinski definition) is 4. The number of nitrogens with one attached hydrogen (secondary N) is 1. The van der Waals surface area contributed by atoms with Gasteiger partial charge in [-0.1, -0.05) is 42.5 Å². The average molecular weight is 402 g/mol. The number of fused-ring (bicyclic) bond motifs is 5. The lowest BCUT2D eigenvalue weighted by Gasteiger charge is -2.17. The van der Waals surface area contributed by atoms with Crippen molar-refractivity contribution in [3.63, 3.8) is 0 Å². The summed E-state index contributed by atoms with van der Waals surface area (Å²) in [7, 11) is 0. The van der Waals surface area contributed by atoms with E-state index >= 15 is 0 Å². The van der Waals surface area contributed by atoms with Gasteiger partial charge in [-0.05, 0) is 48.1 Å². The first-order chi connectivity index (χ1) is 14.6. The van der Waals surface area contributed by atoms with Crippen LogP contribution in [0.5, 0.6) is 5.75 Å². The normalized spacial score (nSPS) is 26.2. The van der Waals surface area contributed by atoms with Crippen molar-refractivity contribution in [2.45, 2.75) is 13.0 Å². The van der Waals surface area contributed by atoms with Crippen LogP contribution in [0.25, 0.3) is 0 Å². The number of carbonyl (C=O) groups excluding carboxylic acids is 3. The second-order valence-corrected chi connectivity index (χ2v) is 8.11. The summed E-state index contributed by atoms with van der Waals surface area (Å²) in [5.74, 6) is -0.362. The van der Waals surface area contributed by atoms with Crippen molar-refractivity contribution in [2.24, 2.45) is 23.7 Å². The molecule has 0 radical (unpaired) electrons. The number of likely N-dealkylation sites (tertiary alicyclic amines) is 1. The Labute approximate surface area is 174 Å². The molecular weight excluding hydrogens is 380 g/mol. The van der Waals surface area contributed by atoms with Crippen LogP contribution in [-0.4, -0.2) is 29.2 Å². The van der Waals surface area contributed by atoms with Gasteiger partial charge < -0.3 is 10.1 Å². The maximum atomic E-state index is 12.7. The van der Waals surface area contributed by atoms with Crippen LogP contribution >= 0.6 is 0 Å². The SMILES string of the molecule is O=C(CN1C(=O)[C@@H]2[C@@H](C1=O)[C@H]1C=C[C@H]2C1)Nc1ccc(OCc2ccccc2)cc1. The van der Waals surface area contributed by atoms with Crippen LogP contribution in [0.2, 0.25) is 0 Å². The van der Waals surface area contributed by atoms with Crippen LogP contribution in [0.15, 0.2) is 66.7 Å². The fraction of sp³-hybridized carbons (Fsp3) is 0.292. The predicted molar refractivity (Wildman–Crippen MR) is 110 cm³/mol. The van der Waals surface area contributed by atoms with Gasteiger partial charge in [0, 0.05) is 5.69 Å². The van der Waals surface area contributed by atoms with Gasteiger partial charge in [0.2, 0.25) is 17.7 Å². The quantitative estimate of drug-likeness (QED) is 0.595. The minimum absolute atomic E-state index is 0.146. The molecule has 2 fully saturated rings. The van der Waals surface area contributed by atoms with E-state index < -0.39 is 0 Å². The van der Waals surface area contributed by atoms with Crippen molar-refractivity contribution in [3.05, 3.63) is 72.3 Å². The van der Waals surface area contributed by atoms with Crippen LogP contribution in [0, 0.1) is 23.7 Å². The van der Waals surface area contributed by atoms with Gasteiger partial charge in [-0.15, -0.1) is 0 Å². The van der Waals surface area contributed by atoms with Crippen LogP contribution in [-0.2, 0) is 21.0 Å². The monoisotopic (exact) mass is 402 g/mol. The molecule has 1 aliphatic heterocycles. The molecule has 2 aliphatic carbocycles. The van der Waals surface area contributed by atoms with Gasteiger partial charge in [-0.25, -0.2) is 0 Å². The number of nitrogens with zero attached hydrogens (tertiary/aromatic N) is 1. The highest BCUT2D eigenvalue weighted by atomic mass is 16.5. The second-order valence-electron chi connectivity index (χ2n) is 8.11. The van der Waals surface area contributed by atoms with E-state index in [2.05, 4.69) is 5.32 Å². The van der Waals surface area contributed by atoms with Crippen molar-refractivity contribution >= 4 is 23.4 Å². The minimum Gasteiger partial charge on any atom is -0.489 e. The van der Waals surface area contributed by atoms with E-state index in [1.54, 1.807) is 24.3 Å². The maximum absolute atomic E-state index is 12.7. The molecule has 1 saturated carbocycles. The van der Waals surface area contributed by atoms with Crippen molar-refractivity contribution < 1.29 is 19.1 Å². The Bertz CT molecular complexity index is 985. The third-order valence-corrected chi connectivity index (χ3v) is 6.25. The molecule has 0 aromatic heterocycles. The average Bonchev–Trinajstić information content (AvgIpc) is 3.44. The van der Waals surface area contributed by atoms with Crippen molar-refractivity contribution in [2.75, 3.05) is 11.9 Å². The first kappa shape index (κ1) is 18.6. The number of ether oxygens (including phenoxy) is 1. The minimum atomic E-state index is -0.380. The number of amides is 3. The number of anilines is 1. The first-order valence-electron chi connectivity index (χ1n) is 10.2. The smallest absolute Gasteiger partial charge is 0.244 e.